The molecule has 19 heavy (non-hydrogen) atoms. The van der Waals surface area contributed by atoms with Gasteiger partial charge in [0.25, 0.3) is 5.69 Å². The van der Waals surface area contributed by atoms with Crippen LogP contribution in [0.5, 0.6) is 0 Å². The molecular formula is C13H16N3O3+. The van der Waals surface area contributed by atoms with Crippen LogP contribution in [-0.4, -0.2) is 36.2 Å². The van der Waals surface area contributed by atoms with Crippen molar-refractivity contribution in [3.05, 3.63) is 40.1 Å². The number of fused-ring (bicyclic) bond motifs is 1. The van der Waals surface area contributed by atoms with Gasteiger partial charge in [0.2, 0.25) is 0 Å². The Morgan fingerprint density at radius 1 is 1.32 bits per heavy atom. The zero-order valence-electron chi connectivity index (χ0n) is 10.5. The first-order chi connectivity index (χ1) is 9.22. The standard InChI is InChI=1S/C13H15N3O3/c17-16(18)12-1-2-13-10(8-12)7-11(14-13)9-15-3-5-19-6-4-15/h1-2,7-8,14H,3-6,9H2/p+1. The summed E-state index contributed by atoms with van der Waals surface area (Å²) in [6.07, 6.45) is 0. The van der Waals surface area contributed by atoms with E-state index in [1.54, 1.807) is 12.1 Å². The van der Waals surface area contributed by atoms with E-state index < -0.39 is 0 Å². The Labute approximate surface area is 110 Å². The molecule has 2 aromatic rings. The largest absolute Gasteiger partial charge is 0.370 e. The predicted molar refractivity (Wildman–Crippen MR) is 70.2 cm³/mol. The lowest BCUT2D eigenvalue weighted by atomic mass is 10.2. The van der Waals surface area contributed by atoms with Crippen LogP contribution in [0.4, 0.5) is 5.69 Å². The normalized spacial score (nSPS) is 16.8. The number of H-pyrrole nitrogens is 1. The number of nitro benzene ring substituents is 1. The van der Waals surface area contributed by atoms with Gasteiger partial charge < -0.3 is 14.6 Å². The van der Waals surface area contributed by atoms with Crippen molar-refractivity contribution >= 4 is 16.6 Å². The average Bonchev–Trinajstić information content (AvgIpc) is 2.80. The number of benzene rings is 1. The van der Waals surface area contributed by atoms with E-state index in [4.69, 9.17) is 4.74 Å². The molecule has 0 radical (unpaired) electrons. The third-order valence-corrected chi connectivity index (χ3v) is 3.51. The highest BCUT2D eigenvalue weighted by Gasteiger charge is 2.16. The monoisotopic (exact) mass is 262 g/mol. The van der Waals surface area contributed by atoms with Gasteiger partial charge in [0.1, 0.15) is 19.6 Å². The highest BCUT2D eigenvalue weighted by molar-refractivity contribution is 5.82. The molecule has 1 aliphatic rings. The molecular weight excluding hydrogens is 246 g/mol. The second kappa shape index (κ2) is 4.99. The molecule has 3 rings (SSSR count). The first kappa shape index (κ1) is 12.1. The fourth-order valence-corrected chi connectivity index (χ4v) is 2.50. The SMILES string of the molecule is O=[N+]([O-])c1ccc2[nH]c(C[NH+]3CCOCC3)cc2c1. The number of ether oxygens (including phenoxy) is 1. The molecule has 0 atom stereocenters. The molecule has 100 valence electrons. The van der Waals surface area contributed by atoms with Gasteiger partial charge in [0, 0.05) is 23.0 Å². The van der Waals surface area contributed by atoms with Crippen LogP contribution in [0.15, 0.2) is 24.3 Å². The molecule has 1 aromatic heterocycles. The van der Waals surface area contributed by atoms with E-state index in [0.29, 0.717) is 0 Å². The van der Waals surface area contributed by atoms with Crippen molar-refractivity contribution in [1.29, 1.82) is 0 Å². The Bertz CT molecular complexity index is 602. The number of nitrogens with zero attached hydrogens (tertiary/aromatic N) is 1. The maximum Gasteiger partial charge on any atom is 0.270 e. The third-order valence-electron chi connectivity index (χ3n) is 3.51. The zero-order chi connectivity index (χ0) is 13.2. The van der Waals surface area contributed by atoms with E-state index in [9.17, 15) is 10.1 Å². The Hall–Kier alpha value is -1.92. The van der Waals surface area contributed by atoms with E-state index in [2.05, 4.69) is 4.98 Å². The summed E-state index contributed by atoms with van der Waals surface area (Å²) in [5, 5.41) is 11.6. The van der Waals surface area contributed by atoms with Gasteiger partial charge in [-0.15, -0.1) is 0 Å². The van der Waals surface area contributed by atoms with Crippen LogP contribution in [0.2, 0.25) is 0 Å². The van der Waals surface area contributed by atoms with E-state index in [1.165, 1.54) is 11.0 Å². The molecule has 0 aliphatic carbocycles. The van der Waals surface area contributed by atoms with Crippen molar-refractivity contribution in [3.8, 4) is 0 Å². The molecule has 0 unspecified atom stereocenters. The predicted octanol–water partition coefficient (Wildman–Crippen LogP) is 0.491. The van der Waals surface area contributed by atoms with E-state index in [-0.39, 0.29) is 10.6 Å². The van der Waals surface area contributed by atoms with Gasteiger partial charge in [-0.1, -0.05) is 0 Å². The van der Waals surface area contributed by atoms with Crippen LogP contribution in [-0.2, 0) is 11.3 Å². The second-order valence-corrected chi connectivity index (χ2v) is 4.86. The molecule has 1 fully saturated rings. The van der Waals surface area contributed by atoms with Gasteiger partial charge in [-0.05, 0) is 12.1 Å². The Morgan fingerprint density at radius 3 is 2.84 bits per heavy atom. The summed E-state index contributed by atoms with van der Waals surface area (Å²) >= 11 is 0. The number of hydrogen-bond acceptors (Lipinski definition) is 3. The van der Waals surface area contributed by atoms with Crippen LogP contribution in [0.25, 0.3) is 10.9 Å². The number of aromatic nitrogens is 1. The molecule has 0 amide bonds. The second-order valence-electron chi connectivity index (χ2n) is 4.86. The van der Waals surface area contributed by atoms with Crippen molar-refractivity contribution in [3.63, 3.8) is 0 Å². The van der Waals surface area contributed by atoms with Crippen LogP contribution < -0.4 is 4.90 Å². The van der Waals surface area contributed by atoms with Crippen molar-refractivity contribution in [2.45, 2.75) is 6.54 Å². The van der Waals surface area contributed by atoms with E-state index in [1.807, 2.05) is 6.07 Å². The highest BCUT2D eigenvalue weighted by atomic mass is 16.6. The molecule has 2 heterocycles. The van der Waals surface area contributed by atoms with Crippen LogP contribution in [0.1, 0.15) is 5.69 Å². The lowest BCUT2D eigenvalue weighted by Gasteiger charge is -2.23. The van der Waals surface area contributed by atoms with E-state index >= 15 is 0 Å². The molecule has 1 aromatic carbocycles. The third kappa shape index (κ3) is 2.59. The minimum atomic E-state index is -0.362. The maximum atomic E-state index is 10.7. The molecule has 2 N–H and O–H groups in total. The molecule has 1 aliphatic heterocycles. The Balaban J connectivity index is 1.82. The van der Waals surface area contributed by atoms with Crippen LogP contribution >= 0.6 is 0 Å². The molecule has 0 spiro atoms. The average molecular weight is 262 g/mol. The first-order valence-corrected chi connectivity index (χ1v) is 6.40. The summed E-state index contributed by atoms with van der Waals surface area (Å²) in [6.45, 7) is 4.54. The van der Waals surface area contributed by atoms with Gasteiger partial charge in [-0.3, -0.25) is 10.1 Å². The lowest BCUT2D eigenvalue weighted by Crippen LogP contribution is -3.12. The van der Waals surface area contributed by atoms with Gasteiger partial charge >= 0.3 is 0 Å². The number of non-ortho nitro benzene ring substituents is 1. The summed E-state index contributed by atoms with van der Waals surface area (Å²) < 4.78 is 5.33. The van der Waals surface area contributed by atoms with Gasteiger partial charge in [0.15, 0.2) is 0 Å². The minimum Gasteiger partial charge on any atom is -0.370 e. The summed E-state index contributed by atoms with van der Waals surface area (Å²) in [6, 6.07) is 6.92. The fourth-order valence-electron chi connectivity index (χ4n) is 2.50. The van der Waals surface area contributed by atoms with Gasteiger partial charge in [-0.25, -0.2) is 0 Å². The number of nitrogens with one attached hydrogen (secondary N) is 2. The summed E-state index contributed by atoms with van der Waals surface area (Å²) in [5.74, 6) is 0. The molecule has 6 heteroatoms. The van der Waals surface area contributed by atoms with Crippen molar-refractivity contribution in [2.75, 3.05) is 26.3 Å². The summed E-state index contributed by atoms with van der Waals surface area (Å²) in [4.78, 5) is 15.2. The van der Waals surface area contributed by atoms with Crippen molar-refractivity contribution < 1.29 is 14.6 Å². The number of rotatable bonds is 3. The first-order valence-electron chi connectivity index (χ1n) is 6.40. The Kier molecular flexibility index (Phi) is 3.18. The minimum absolute atomic E-state index is 0.136. The van der Waals surface area contributed by atoms with Gasteiger partial charge in [-0.2, -0.15) is 0 Å². The van der Waals surface area contributed by atoms with Crippen molar-refractivity contribution in [1.82, 2.24) is 4.98 Å². The summed E-state index contributed by atoms with van der Waals surface area (Å²) in [7, 11) is 0. The smallest absolute Gasteiger partial charge is 0.270 e. The lowest BCUT2D eigenvalue weighted by molar-refractivity contribution is -0.921. The van der Waals surface area contributed by atoms with Crippen LogP contribution in [0.3, 0.4) is 0 Å². The number of nitro groups is 1. The summed E-state index contributed by atoms with van der Waals surface area (Å²) in [5.41, 5.74) is 2.21. The quantitative estimate of drug-likeness (QED) is 0.624. The molecule has 0 saturated carbocycles. The van der Waals surface area contributed by atoms with Crippen LogP contribution in [0, 0.1) is 10.1 Å². The fraction of sp³-hybridized carbons (Fsp3) is 0.385. The topological polar surface area (TPSA) is 72.6 Å². The van der Waals surface area contributed by atoms with E-state index in [0.717, 1.165) is 49.4 Å². The molecule has 0 bridgehead atoms. The highest BCUT2D eigenvalue weighted by Crippen LogP contribution is 2.21. The van der Waals surface area contributed by atoms with Crippen molar-refractivity contribution in [2.24, 2.45) is 0 Å². The number of quaternary nitrogens is 1. The zero-order valence-corrected chi connectivity index (χ0v) is 10.5. The number of morpholine rings is 1. The van der Waals surface area contributed by atoms with Gasteiger partial charge in [0.05, 0.1) is 23.8 Å². The number of hydrogen-bond donors (Lipinski definition) is 2. The maximum absolute atomic E-state index is 10.7. The molecule has 1 saturated heterocycles. The Morgan fingerprint density at radius 2 is 2.11 bits per heavy atom. The number of aromatic amines is 1. The molecule has 6 nitrogen and oxygen atoms in total.